The van der Waals surface area contributed by atoms with E-state index in [9.17, 15) is 0 Å². The first-order valence-corrected chi connectivity index (χ1v) is 3.26. The van der Waals surface area contributed by atoms with Crippen LogP contribution in [0.3, 0.4) is 0 Å². The highest BCUT2D eigenvalue weighted by Crippen LogP contribution is 1.88. The van der Waals surface area contributed by atoms with Crippen LogP contribution in [0, 0.1) is 0 Å². The minimum absolute atomic E-state index is 0.0280. The van der Waals surface area contributed by atoms with Crippen LogP contribution < -0.4 is 5.73 Å². The fourth-order valence-corrected chi connectivity index (χ4v) is 0.589. The lowest BCUT2D eigenvalue weighted by Crippen LogP contribution is -2.29. The van der Waals surface area contributed by atoms with Crippen LogP contribution >= 0.6 is 0 Å². The first-order valence-electron chi connectivity index (χ1n) is 3.26. The minimum atomic E-state index is -0.0860. The van der Waals surface area contributed by atoms with Gasteiger partial charge in [-0.1, -0.05) is 0 Å². The van der Waals surface area contributed by atoms with Crippen LogP contribution in [0.15, 0.2) is 0 Å². The molecule has 0 fully saturated rings. The molecule has 0 aliphatic rings. The first kappa shape index (κ1) is 9.84. The molecular formula is C6H15NO3. The number of rotatable bonds is 6. The number of aliphatic hydroxyl groups excluding tert-OH is 1. The van der Waals surface area contributed by atoms with E-state index in [1.165, 1.54) is 0 Å². The topological polar surface area (TPSA) is 64.7 Å². The number of methoxy groups -OCH3 is 1. The van der Waals surface area contributed by atoms with Crippen molar-refractivity contribution < 1.29 is 14.6 Å². The third-order valence-corrected chi connectivity index (χ3v) is 1.06. The number of nitrogens with two attached hydrogens (primary N) is 1. The van der Waals surface area contributed by atoms with Crippen LogP contribution in [0.4, 0.5) is 0 Å². The molecule has 0 saturated heterocycles. The highest BCUT2D eigenvalue weighted by atomic mass is 16.5. The molecular weight excluding hydrogens is 134 g/mol. The van der Waals surface area contributed by atoms with Gasteiger partial charge in [-0.2, -0.15) is 0 Å². The van der Waals surface area contributed by atoms with Gasteiger partial charge in [-0.3, -0.25) is 0 Å². The lowest BCUT2D eigenvalue weighted by molar-refractivity contribution is -0.0103. The Bertz CT molecular complexity index is 70.0. The highest BCUT2D eigenvalue weighted by Gasteiger charge is 2.04. The molecule has 0 aromatic carbocycles. The molecule has 4 heteroatoms. The third kappa shape index (κ3) is 4.69. The molecule has 1 atom stereocenters. The van der Waals surface area contributed by atoms with Gasteiger partial charge in [0.2, 0.25) is 0 Å². The highest BCUT2D eigenvalue weighted by molar-refractivity contribution is 4.55. The van der Waals surface area contributed by atoms with Gasteiger partial charge in [0.1, 0.15) is 0 Å². The van der Waals surface area contributed by atoms with Gasteiger partial charge >= 0.3 is 0 Å². The van der Waals surface area contributed by atoms with E-state index in [1.54, 1.807) is 7.11 Å². The van der Waals surface area contributed by atoms with Gasteiger partial charge in [0, 0.05) is 13.7 Å². The summed E-state index contributed by atoms with van der Waals surface area (Å²) in [5.41, 5.74) is 5.31. The standard InChI is InChI=1S/C6H15NO3/c1-9-5-6(4-7)10-3-2-8/h6,8H,2-5,7H2,1H3. The summed E-state index contributed by atoms with van der Waals surface area (Å²) < 4.78 is 9.89. The van der Waals surface area contributed by atoms with Crippen molar-refractivity contribution in [3.63, 3.8) is 0 Å². The molecule has 4 nitrogen and oxygen atoms in total. The zero-order valence-corrected chi connectivity index (χ0v) is 6.25. The lowest BCUT2D eigenvalue weighted by Gasteiger charge is -2.13. The Balaban J connectivity index is 3.21. The molecule has 0 saturated carbocycles. The number of hydrogen-bond donors (Lipinski definition) is 2. The van der Waals surface area contributed by atoms with Crippen molar-refractivity contribution in [1.29, 1.82) is 0 Å². The molecule has 0 aromatic rings. The molecule has 62 valence electrons. The van der Waals surface area contributed by atoms with Crippen LogP contribution in [0.2, 0.25) is 0 Å². The van der Waals surface area contributed by atoms with E-state index in [2.05, 4.69) is 0 Å². The Labute approximate surface area is 60.9 Å². The average Bonchev–Trinajstić information content (AvgIpc) is 1.98. The average molecular weight is 149 g/mol. The van der Waals surface area contributed by atoms with Gasteiger partial charge < -0.3 is 20.3 Å². The minimum Gasteiger partial charge on any atom is -0.394 e. The summed E-state index contributed by atoms with van der Waals surface area (Å²) in [6.45, 7) is 1.26. The van der Waals surface area contributed by atoms with E-state index in [-0.39, 0.29) is 12.7 Å². The molecule has 0 rings (SSSR count). The molecule has 10 heavy (non-hydrogen) atoms. The van der Waals surface area contributed by atoms with E-state index in [0.717, 1.165) is 0 Å². The predicted octanol–water partition coefficient (Wildman–Crippen LogP) is -1.03. The summed E-state index contributed by atoms with van der Waals surface area (Å²) in [5, 5.41) is 8.37. The first-order chi connectivity index (χ1) is 4.85. The van der Waals surface area contributed by atoms with Gasteiger partial charge in [0.05, 0.1) is 25.9 Å². The molecule has 0 heterocycles. The Morgan fingerprint density at radius 3 is 2.70 bits per heavy atom. The van der Waals surface area contributed by atoms with Crippen molar-refractivity contribution in [3.8, 4) is 0 Å². The summed E-state index contributed by atoms with van der Waals surface area (Å²) >= 11 is 0. The Kier molecular flexibility index (Phi) is 6.84. The van der Waals surface area contributed by atoms with E-state index in [0.29, 0.717) is 19.8 Å². The molecule has 0 aliphatic carbocycles. The van der Waals surface area contributed by atoms with Gasteiger partial charge in [-0.25, -0.2) is 0 Å². The van der Waals surface area contributed by atoms with Gasteiger partial charge in [0.15, 0.2) is 0 Å². The summed E-state index contributed by atoms with van der Waals surface area (Å²) in [6, 6.07) is 0. The third-order valence-electron chi connectivity index (χ3n) is 1.06. The van der Waals surface area contributed by atoms with Crippen molar-refractivity contribution in [2.75, 3.05) is 33.5 Å². The smallest absolute Gasteiger partial charge is 0.0931 e. The SMILES string of the molecule is COCC(CN)OCCO. The fraction of sp³-hybridized carbons (Fsp3) is 1.00. The maximum atomic E-state index is 8.37. The van der Waals surface area contributed by atoms with Gasteiger partial charge in [-0.05, 0) is 0 Å². The Morgan fingerprint density at radius 1 is 1.60 bits per heavy atom. The van der Waals surface area contributed by atoms with Crippen molar-refractivity contribution in [3.05, 3.63) is 0 Å². The van der Waals surface area contributed by atoms with Crippen LogP contribution in [-0.4, -0.2) is 44.7 Å². The predicted molar refractivity (Wildman–Crippen MR) is 37.8 cm³/mol. The molecule has 1 unspecified atom stereocenters. The molecule has 3 N–H and O–H groups in total. The maximum absolute atomic E-state index is 8.37. The van der Waals surface area contributed by atoms with Crippen LogP contribution in [0.5, 0.6) is 0 Å². The second-order valence-electron chi connectivity index (χ2n) is 1.91. The summed E-state index contributed by atoms with van der Waals surface area (Å²) in [5.74, 6) is 0. The van der Waals surface area contributed by atoms with E-state index >= 15 is 0 Å². The van der Waals surface area contributed by atoms with Gasteiger partial charge in [-0.15, -0.1) is 0 Å². The van der Waals surface area contributed by atoms with Crippen LogP contribution in [0.25, 0.3) is 0 Å². The van der Waals surface area contributed by atoms with E-state index in [4.69, 9.17) is 20.3 Å². The second kappa shape index (κ2) is 6.95. The zero-order valence-electron chi connectivity index (χ0n) is 6.25. The number of aliphatic hydroxyl groups is 1. The van der Waals surface area contributed by atoms with Crippen molar-refractivity contribution in [2.45, 2.75) is 6.10 Å². The maximum Gasteiger partial charge on any atom is 0.0931 e. The largest absolute Gasteiger partial charge is 0.394 e. The normalized spacial score (nSPS) is 13.5. The van der Waals surface area contributed by atoms with Crippen LogP contribution in [-0.2, 0) is 9.47 Å². The molecule has 0 aromatic heterocycles. The van der Waals surface area contributed by atoms with Gasteiger partial charge in [0.25, 0.3) is 0 Å². The fourth-order valence-electron chi connectivity index (χ4n) is 0.589. The number of hydrogen-bond acceptors (Lipinski definition) is 4. The molecule has 0 spiro atoms. The lowest BCUT2D eigenvalue weighted by atomic mass is 10.4. The van der Waals surface area contributed by atoms with E-state index in [1.807, 2.05) is 0 Å². The van der Waals surface area contributed by atoms with Crippen molar-refractivity contribution in [1.82, 2.24) is 0 Å². The zero-order chi connectivity index (χ0) is 7.82. The van der Waals surface area contributed by atoms with E-state index < -0.39 is 0 Å². The monoisotopic (exact) mass is 149 g/mol. The molecule has 0 bridgehead atoms. The molecule has 0 radical (unpaired) electrons. The van der Waals surface area contributed by atoms with Crippen LogP contribution in [0.1, 0.15) is 0 Å². The Hall–Kier alpha value is -0.160. The van der Waals surface area contributed by atoms with Crippen molar-refractivity contribution in [2.24, 2.45) is 5.73 Å². The molecule has 0 amide bonds. The Morgan fingerprint density at radius 2 is 2.30 bits per heavy atom. The summed E-state index contributed by atoms with van der Waals surface area (Å²) in [4.78, 5) is 0. The second-order valence-corrected chi connectivity index (χ2v) is 1.91. The summed E-state index contributed by atoms with van der Waals surface area (Å²) in [7, 11) is 1.59. The quantitative estimate of drug-likeness (QED) is 0.507. The van der Waals surface area contributed by atoms with Crippen molar-refractivity contribution >= 4 is 0 Å². The summed E-state index contributed by atoms with van der Waals surface area (Å²) in [6.07, 6.45) is -0.0860. The number of ether oxygens (including phenoxy) is 2. The molecule has 0 aliphatic heterocycles.